The van der Waals surface area contributed by atoms with E-state index in [9.17, 15) is 18.0 Å². The Bertz CT molecular complexity index is 905. The van der Waals surface area contributed by atoms with E-state index in [4.69, 9.17) is 0 Å². The molecule has 1 saturated heterocycles. The molecule has 6 nitrogen and oxygen atoms in total. The smallest absolute Gasteiger partial charge is 0.295 e. The van der Waals surface area contributed by atoms with Crippen molar-refractivity contribution in [3.05, 3.63) is 34.2 Å². The Hall–Kier alpha value is -1.89. The van der Waals surface area contributed by atoms with Crippen molar-refractivity contribution >= 4 is 26.7 Å². The van der Waals surface area contributed by atoms with Crippen molar-refractivity contribution in [3.63, 3.8) is 0 Å². The lowest BCUT2D eigenvalue weighted by atomic mass is 9.97. The van der Waals surface area contributed by atoms with Gasteiger partial charge in [0.2, 0.25) is 0 Å². The van der Waals surface area contributed by atoms with Gasteiger partial charge in [-0.05, 0) is 24.6 Å². The van der Waals surface area contributed by atoms with Crippen LogP contribution < -0.4 is 5.69 Å². The third-order valence-electron chi connectivity index (χ3n) is 4.16. The van der Waals surface area contributed by atoms with Crippen LogP contribution in [0, 0.1) is 5.92 Å². The van der Waals surface area contributed by atoms with E-state index in [1.54, 1.807) is 32.3 Å². The van der Waals surface area contributed by atoms with Crippen LogP contribution in [0.25, 0.3) is 11.0 Å². The standard InChI is InChI=1S/C14H16N2O4S/c1-15-11-4-3-9(7-12(11)16(2)14(15)18)13(17)10-5-6-21(19,20)8-10/h3-4,7,10H,5-6,8H2,1-2H3. The highest BCUT2D eigenvalue weighted by Crippen LogP contribution is 2.24. The normalized spacial score (nSPS) is 21.0. The number of aromatic nitrogens is 2. The maximum absolute atomic E-state index is 12.4. The molecule has 0 saturated carbocycles. The fraction of sp³-hybridized carbons (Fsp3) is 0.429. The van der Waals surface area contributed by atoms with Gasteiger partial charge in [-0.15, -0.1) is 0 Å². The number of carbonyl (C=O) groups excluding carboxylic acids is 1. The molecule has 1 atom stereocenters. The summed E-state index contributed by atoms with van der Waals surface area (Å²) in [5.41, 5.74) is 1.73. The maximum Gasteiger partial charge on any atom is 0.328 e. The summed E-state index contributed by atoms with van der Waals surface area (Å²) in [6.07, 6.45) is 0.382. The molecule has 3 rings (SSSR count). The van der Waals surface area contributed by atoms with Crippen molar-refractivity contribution in [2.75, 3.05) is 11.5 Å². The molecule has 1 fully saturated rings. The highest BCUT2D eigenvalue weighted by atomic mass is 32.2. The predicted octanol–water partition coefficient (Wildman–Crippen LogP) is 0.494. The quantitative estimate of drug-likeness (QED) is 0.757. The number of aryl methyl sites for hydroxylation is 2. The van der Waals surface area contributed by atoms with Crippen molar-refractivity contribution in [3.8, 4) is 0 Å². The molecule has 1 aliphatic heterocycles. The molecule has 0 amide bonds. The topological polar surface area (TPSA) is 78.1 Å². The summed E-state index contributed by atoms with van der Waals surface area (Å²) in [5, 5.41) is 0. The van der Waals surface area contributed by atoms with Gasteiger partial charge in [0, 0.05) is 25.6 Å². The summed E-state index contributed by atoms with van der Waals surface area (Å²) in [7, 11) is 0.246. The summed E-state index contributed by atoms with van der Waals surface area (Å²) in [6, 6.07) is 5.06. The Morgan fingerprint density at radius 3 is 2.48 bits per heavy atom. The fourth-order valence-electron chi connectivity index (χ4n) is 2.90. The number of fused-ring (bicyclic) bond motifs is 1. The number of sulfone groups is 1. The number of Topliss-reactive ketones (excluding diaryl/α,β-unsaturated/α-hetero) is 1. The highest BCUT2D eigenvalue weighted by molar-refractivity contribution is 7.91. The van der Waals surface area contributed by atoms with Gasteiger partial charge in [-0.1, -0.05) is 0 Å². The highest BCUT2D eigenvalue weighted by Gasteiger charge is 2.33. The molecule has 2 aromatic rings. The van der Waals surface area contributed by atoms with Gasteiger partial charge in [0.05, 0.1) is 22.5 Å². The van der Waals surface area contributed by atoms with Crippen molar-refractivity contribution in [1.82, 2.24) is 9.13 Å². The van der Waals surface area contributed by atoms with Crippen LogP contribution in [0.5, 0.6) is 0 Å². The third-order valence-corrected chi connectivity index (χ3v) is 5.93. The SMILES string of the molecule is Cn1c(=O)n(C)c2cc(C(=O)C3CCS(=O)(=O)C3)ccc21. The van der Waals surface area contributed by atoms with Crippen molar-refractivity contribution < 1.29 is 13.2 Å². The van der Waals surface area contributed by atoms with E-state index in [2.05, 4.69) is 0 Å². The van der Waals surface area contributed by atoms with Gasteiger partial charge in [-0.3, -0.25) is 13.9 Å². The first-order valence-electron chi connectivity index (χ1n) is 6.70. The van der Waals surface area contributed by atoms with Gasteiger partial charge in [-0.2, -0.15) is 0 Å². The Kier molecular flexibility index (Phi) is 3.05. The first-order valence-corrected chi connectivity index (χ1v) is 8.52. The molecule has 7 heteroatoms. The molecule has 1 aromatic carbocycles. The minimum atomic E-state index is -3.08. The number of imidazole rings is 1. The van der Waals surface area contributed by atoms with Crippen LogP contribution in [-0.4, -0.2) is 34.8 Å². The largest absolute Gasteiger partial charge is 0.328 e. The van der Waals surface area contributed by atoms with Gasteiger partial charge < -0.3 is 0 Å². The zero-order chi connectivity index (χ0) is 15.4. The van der Waals surface area contributed by atoms with Gasteiger partial charge in [0.15, 0.2) is 15.6 Å². The lowest BCUT2D eigenvalue weighted by molar-refractivity contribution is 0.0933. The van der Waals surface area contributed by atoms with Crippen LogP contribution in [-0.2, 0) is 23.9 Å². The summed E-state index contributed by atoms with van der Waals surface area (Å²) in [5.74, 6) is -0.616. The lowest BCUT2D eigenvalue weighted by Gasteiger charge is -2.07. The fourth-order valence-corrected chi connectivity index (χ4v) is 4.64. The molecule has 1 aromatic heterocycles. The van der Waals surface area contributed by atoms with E-state index < -0.39 is 15.8 Å². The summed E-state index contributed by atoms with van der Waals surface area (Å²) < 4.78 is 26.0. The molecule has 0 N–H and O–H groups in total. The second-order valence-corrected chi connectivity index (χ2v) is 7.80. The number of nitrogens with zero attached hydrogens (tertiary/aromatic N) is 2. The molecule has 0 radical (unpaired) electrons. The third kappa shape index (κ3) is 2.21. The zero-order valence-corrected chi connectivity index (χ0v) is 12.7. The molecule has 0 spiro atoms. The van der Waals surface area contributed by atoms with E-state index >= 15 is 0 Å². The molecule has 112 valence electrons. The molecule has 21 heavy (non-hydrogen) atoms. The number of rotatable bonds is 2. The predicted molar refractivity (Wildman–Crippen MR) is 79.3 cm³/mol. The van der Waals surface area contributed by atoms with Gasteiger partial charge >= 0.3 is 5.69 Å². The van der Waals surface area contributed by atoms with E-state index in [0.717, 1.165) is 5.52 Å². The van der Waals surface area contributed by atoms with Crippen molar-refractivity contribution in [1.29, 1.82) is 0 Å². The summed E-state index contributed by atoms with van der Waals surface area (Å²) >= 11 is 0. The number of hydrogen-bond donors (Lipinski definition) is 0. The van der Waals surface area contributed by atoms with E-state index in [1.165, 1.54) is 9.13 Å². The number of hydrogen-bond acceptors (Lipinski definition) is 4. The summed E-state index contributed by atoms with van der Waals surface area (Å²) in [4.78, 5) is 24.3. The summed E-state index contributed by atoms with van der Waals surface area (Å²) in [6.45, 7) is 0. The first-order chi connectivity index (χ1) is 9.80. The molecular weight excluding hydrogens is 292 g/mol. The van der Waals surface area contributed by atoms with Crippen LogP contribution in [0.3, 0.4) is 0 Å². The van der Waals surface area contributed by atoms with Crippen molar-refractivity contribution in [2.24, 2.45) is 20.0 Å². The van der Waals surface area contributed by atoms with Crippen LogP contribution in [0.2, 0.25) is 0 Å². The van der Waals surface area contributed by atoms with Gasteiger partial charge in [-0.25, -0.2) is 13.2 Å². The maximum atomic E-state index is 12.4. The average Bonchev–Trinajstić information content (AvgIpc) is 2.92. The van der Waals surface area contributed by atoms with Gasteiger partial charge in [0.25, 0.3) is 0 Å². The Morgan fingerprint density at radius 1 is 1.19 bits per heavy atom. The van der Waals surface area contributed by atoms with Crippen LogP contribution in [0.1, 0.15) is 16.8 Å². The monoisotopic (exact) mass is 308 g/mol. The van der Waals surface area contributed by atoms with Crippen molar-refractivity contribution in [2.45, 2.75) is 6.42 Å². The van der Waals surface area contributed by atoms with Gasteiger partial charge in [0.1, 0.15) is 0 Å². The number of benzene rings is 1. The Labute approximate surface area is 121 Å². The average molecular weight is 308 g/mol. The second kappa shape index (κ2) is 4.56. The molecule has 0 bridgehead atoms. The Morgan fingerprint density at radius 2 is 1.86 bits per heavy atom. The minimum Gasteiger partial charge on any atom is -0.295 e. The van der Waals surface area contributed by atoms with Crippen LogP contribution >= 0.6 is 0 Å². The second-order valence-electron chi connectivity index (χ2n) is 5.57. The van der Waals surface area contributed by atoms with E-state index in [1.807, 2.05) is 0 Å². The molecule has 1 unspecified atom stereocenters. The molecule has 0 aliphatic carbocycles. The van der Waals surface area contributed by atoms with E-state index in [-0.39, 0.29) is 23.0 Å². The van der Waals surface area contributed by atoms with Crippen LogP contribution in [0.4, 0.5) is 0 Å². The number of ketones is 1. The Balaban J connectivity index is 2.04. The molecule has 1 aliphatic rings. The first kappa shape index (κ1) is 14.1. The van der Waals surface area contributed by atoms with E-state index in [0.29, 0.717) is 17.5 Å². The minimum absolute atomic E-state index is 0.0718. The lowest BCUT2D eigenvalue weighted by Crippen LogP contribution is -2.19. The molecular formula is C14H16N2O4S. The zero-order valence-electron chi connectivity index (χ0n) is 11.9. The van der Waals surface area contributed by atoms with Crippen LogP contribution in [0.15, 0.2) is 23.0 Å². The number of carbonyl (C=O) groups is 1. The molecule has 2 heterocycles.